The van der Waals surface area contributed by atoms with Gasteiger partial charge in [0.1, 0.15) is 5.54 Å². The number of nitrogens with one attached hydrogen (secondary N) is 1. The maximum atomic E-state index is 13.3. The molecule has 0 bridgehead atoms. The fourth-order valence-electron chi connectivity index (χ4n) is 4.81. The molecule has 0 unspecified atom stereocenters. The highest BCUT2D eigenvalue weighted by atomic mass is 32.1. The molecule has 0 spiro atoms. The number of fused-ring (bicyclic) bond motifs is 1. The molecule has 5 rings (SSSR count). The van der Waals surface area contributed by atoms with Crippen LogP contribution in [0.2, 0.25) is 0 Å². The summed E-state index contributed by atoms with van der Waals surface area (Å²) < 4.78 is 1.23. The molecule has 1 aromatic heterocycles. The molecule has 172 valence electrons. The fraction of sp³-hybridized carbons (Fsp3) is 0.423. The van der Waals surface area contributed by atoms with Crippen LogP contribution >= 0.6 is 11.3 Å². The van der Waals surface area contributed by atoms with Crippen molar-refractivity contribution in [3.05, 3.63) is 64.7 Å². The van der Waals surface area contributed by atoms with Crippen molar-refractivity contribution in [2.45, 2.75) is 51.0 Å². The van der Waals surface area contributed by atoms with Crippen LogP contribution in [0.15, 0.2) is 48.5 Å². The minimum absolute atomic E-state index is 0.182. The molecule has 1 atom stereocenters. The van der Waals surface area contributed by atoms with Gasteiger partial charge in [-0.25, -0.2) is 14.7 Å². The van der Waals surface area contributed by atoms with E-state index in [1.807, 2.05) is 30.3 Å². The lowest BCUT2D eigenvalue weighted by atomic mass is 9.90. The van der Waals surface area contributed by atoms with Crippen molar-refractivity contribution in [3.8, 4) is 0 Å². The summed E-state index contributed by atoms with van der Waals surface area (Å²) >= 11 is 1.78. The number of carbonyl (C=O) groups excluding carboxylic acids is 2. The normalized spacial score (nSPS) is 22.5. The monoisotopic (exact) mass is 462 g/mol. The predicted molar refractivity (Wildman–Crippen MR) is 131 cm³/mol. The molecule has 33 heavy (non-hydrogen) atoms. The molecule has 2 aromatic carbocycles. The van der Waals surface area contributed by atoms with E-state index in [1.54, 1.807) is 18.3 Å². The van der Waals surface area contributed by atoms with Crippen molar-refractivity contribution in [3.63, 3.8) is 0 Å². The van der Waals surface area contributed by atoms with Crippen LogP contribution < -0.4 is 5.32 Å². The summed E-state index contributed by atoms with van der Waals surface area (Å²) in [5.74, 6) is 0.674. The first kappa shape index (κ1) is 22.0. The van der Waals surface area contributed by atoms with Crippen molar-refractivity contribution in [1.29, 1.82) is 0 Å². The van der Waals surface area contributed by atoms with Crippen LogP contribution in [0.5, 0.6) is 0 Å². The number of urea groups is 1. The Morgan fingerprint density at radius 3 is 2.45 bits per heavy atom. The quantitative estimate of drug-likeness (QED) is 0.541. The van der Waals surface area contributed by atoms with Gasteiger partial charge >= 0.3 is 6.03 Å². The minimum Gasteiger partial charge on any atom is -0.319 e. The second-order valence-corrected chi connectivity index (χ2v) is 10.7. The highest BCUT2D eigenvalue weighted by Crippen LogP contribution is 2.35. The Hall–Kier alpha value is -2.77. The van der Waals surface area contributed by atoms with Gasteiger partial charge in [-0.3, -0.25) is 9.69 Å². The summed E-state index contributed by atoms with van der Waals surface area (Å²) in [5, 5.41) is 4.13. The van der Waals surface area contributed by atoms with E-state index >= 15 is 0 Å². The highest BCUT2D eigenvalue weighted by Gasteiger charge is 2.49. The van der Waals surface area contributed by atoms with E-state index in [9.17, 15) is 9.59 Å². The van der Waals surface area contributed by atoms with Gasteiger partial charge in [0, 0.05) is 19.0 Å². The Bertz CT molecular complexity index is 1150. The van der Waals surface area contributed by atoms with Gasteiger partial charge in [-0.2, -0.15) is 0 Å². The number of imide groups is 1. The van der Waals surface area contributed by atoms with Gasteiger partial charge in [0.2, 0.25) is 0 Å². The summed E-state index contributed by atoms with van der Waals surface area (Å²) in [5.41, 5.74) is 2.08. The van der Waals surface area contributed by atoms with E-state index in [2.05, 4.69) is 42.3 Å². The maximum absolute atomic E-state index is 13.3. The summed E-state index contributed by atoms with van der Waals surface area (Å²) in [6.45, 7) is 8.10. The molecule has 0 saturated carbocycles. The van der Waals surface area contributed by atoms with Crippen molar-refractivity contribution in [1.82, 2.24) is 20.1 Å². The second-order valence-electron chi connectivity index (χ2n) is 9.62. The van der Waals surface area contributed by atoms with E-state index in [-0.39, 0.29) is 11.9 Å². The number of thiazole rings is 1. The molecule has 2 aliphatic heterocycles. The van der Waals surface area contributed by atoms with Crippen molar-refractivity contribution >= 4 is 33.5 Å². The molecular formula is C26H30N4O2S. The number of likely N-dealkylation sites (tertiary alicyclic amines) is 1. The van der Waals surface area contributed by atoms with E-state index in [4.69, 9.17) is 4.98 Å². The topological polar surface area (TPSA) is 65.5 Å². The number of aromatic nitrogens is 1. The Morgan fingerprint density at radius 1 is 1.09 bits per heavy atom. The van der Waals surface area contributed by atoms with Crippen molar-refractivity contribution in [2.24, 2.45) is 0 Å². The van der Waals surface area contributed by atoms with Crippen LogP contribution in [-0.2, 0) is 10.3 Å². The molecule has 3 amide bonds. The lowest BCUT2D eigenvalue weighted by molar-refractivity contribution is -0.132. The molecule has 2 saturated heterocycles. The zero-order valence-electron chi connectivity index (χ0n) is 19.4. The highest BCUT2D eigenvalue weighted by molar-refractivity contribution is 7.18. The predicted octanol–water partition coefficient (Wildman–Crippen LogP) is 5.02. The third kappa shape index (κ3) is 4.04. The Kier molecular flexibility index (Phi) is 5.70. The number of rotatable bonds is 5. The molecular weight excluding hydrogens is 432 g/mol. The number of amides is 3. The maximum Gasteiger partial charge on any atom is 0.326 e. The van der Waals surface area contributed by atoms with Gasteiger partial charge < -0.3 is 5.32 Å². The summed E-state index contributed by atoms with van der Waals surface area (Å²) in [6.07, 6.45) is 1.97. The third-order valence-corrected chi connectivity index (χ3v) is 8.22. The van der Waals surface area contributed by atoms with E-state index < -0.39 is 5.54 Å². The molecule has 6 nitrogen and oxygen atoms in total. The smallest absolute Gasteiger partial charge is 0.319 e. The number of benzene rings is 2. The molecule has 3 aromatic rings. The molecule has 2 fully saturated rings. The van der Waals surface area contributed by atoms with Crippen LogP contribution in [0.3, 0.4) is 0 Å². The van der Waals surface area contributed by atoms with Gasteiger partial charge in [0.25, 0.3) is 5.91 Å². The van der Waals surface area contributed by atoms with Crippen LogP contribution in [0, 0.1) is 0 Å². The molecule has 7 heteroatoms. The first-order chi connectivity index (χ1) is 15.8. The molecule has 0 aliphatic carbocycles. The zero-order chi connectivity index (χ0) is 23.2. The number of hydrogen-bond acceptors (Lipinski definition) is 5. The van der Waals surface area contributed by atoms with Gasteiger partial charge in [-0.1, -0.05) is 50.2 Å². The van der Waals surface area contributed by atoms with Crippen LogP contribution in [0.1, 0.15) is 61.6 Å². The molecule has 1 N–H and O–H groups in total. The zero-order valence-corrected chi connectivity index (χ0v) is 20.2. The first-order valence-corrected chi connectivity index (χ1v) is 12.5. The average molecular weight is 463 g/mol. The van der Waals surface area contributed by atoms with Crippen LogP contribution in [0.4, 0.5) is 4.79 Å². The molecule has 2 aliphatic rings. The minimum atomic E-state index is -1.02. The van der Waals surface area contributed by atoms with Crippen molar-refractivity contribution in [2.75, 3.05) is 19.8 Å². The standard InChI is InChI=1S/C26H30N4O2S/c1-17(2)18-8-10-20(11-9-18)26(3)24(31)30(25(32)28-26)16-29-14-12-19(13-15-29)23-27-21-6-4-5-7-22(21)33-23/h4-11,17,19H,12-16H2,1-3H3,(H,28,32)/t26-/m1/s1. The Labute approximate surface area is 198 Å². The number of nitrogens with zero attached hydrogens (tertiary/aromatic N) is 3. The van der Waals surface area contributed by atoms with E-state index in [0.29, 0.717) is 18.5 Å². The fourth-order valence-corrected chi connectivity index (χ4v) is 5.94. The van der Waals surface area contributed by atoms with Crippen LogP contribution in [0.25, 0.3) is 10.2 Å². The van der Waals surface area contributed by atoms with Gasteiger partial charge in [0.05, 0.1) is 21.9 Å². The lowest BCUT2D eigenvalue weighted by Gasteiger charge is -2.33. The molecule has 0 radical (unpaired) electrons. The van der Waals surface area contributed by atoms with Crippen LogP contribution in [-0.4, -0.2) is 46.5 Å². The average Bonchev–Trinajstić information content (AvgIpc) is 3.35. The Morgan fingerprint density at radius 2 is 1.79 bits per heavy atom. The van der Waals surface area contributed by atoms with E-state index in [0.717, 1.165) is 37.0 Å². The number of para-hydroxylation sites is 1. The lowest BCUT2D eigenvalue weighted by Crippen LogP contribution is -2.46. The summed E-state index contributed by atoms with van der Waals surface area (Å²) in [6, 6.07) is 16.0. The second kappa shape index (κ2) is 8.54. The largest absolute Gasteiger partial charge is 0.326 e. The van der Waals surface area contributed by atoms with E-state index in [1.165, 1.54) is 20.2 Å². The summed E-state index contributed by atoms with van der Waals surface area (Å²) in [7, 11) is 0. The first-order valence-electron chi connectivity index (χ1n) is 11.7. The molecule has 3 heterocycles. The van der Waals surface area contributed by atoms with Gasteiger partial charge in [-0.05, 0) is 48.9 Å². The number of carbonyl (C=O) groups is 2. The third-order valence-electron chi connectivity index (χ3n) is 7.02. The number of piperidine rings is 1. The van der Waals surface area contributed by atoms with Crippen molar-refractivity contribution < 1.29 is 9.59 Å². The number of hydrogen-bond donors (Lipinski definition) is 1. The SMILES string of the molecule is CC(C)c1ccc([C@@]2(C)NC(=O)N(CN3CCC(c4nc5ccccc5s4)CC3)C2=O)cc1. The Balaban J connectivity index is 1.23. The summed E-state index contributed by atoms with van der Waals surface area (Å²) in [4.78, 5) is 34.5. The van der Waals surface area contributed by atoms with Gasteiger partial charge in [-0.15, -0.1) is 11.3 Å². The van der Waals surface area contributed by atoms with Gasteiger partial charge in [0.15, 0.2) is 0 Å².